The third-order valence-corrected chi connectivity index (χ3v) is 5.56. The van der Waals surface area contributed by atoms with Crippen LogP contribution in [0.4, 0.5) is 5.69 Å². The Morgan fingerprint density at radius 2 is 2.03 bits per heavy atom. The smallest absolute Gasteiger partial charge is 0.303 e. The number of carbonyl (C=O) groups excluding carboxylic acids is 1. The van der Waals surface area contributed by atoms with E-state index < -0.39 is 5.97 Å². The molecule has 0 saturated carbocycles. The number of fused-ring (bicyclic) bond motifs is 1. The van der Waals surface area contributed by atoms with Crippen LogP contribution in [-0.4, -0.2) is 45.6 Å². The first-order valence-corrected chi connectivity index (χ1v) is 10.9. The van der Waals surface area contributed by atoms with E-state index in [1.807, 2.05) is 24.3 Å². The first-order chi connectivity index (χ1) is 16.0. The quantitative estimate of drug-likeness (QED) is 0.401. The van der Waals surface area contributed by atoms with Crippen LogP contribution in [0.2, 0.25) is 0 Å². The highest BCUT2D eigenvalue weighted by atomic mass is 16.5. The summed E-state index contributed by atoms with van der Waals surface area (Å²) >= 11 is 0. The molecule has 1 atom stereocenters. The van der Waals surface area contributed by atoms with Gasteiger partial charge in [0, 0.05) is 25.1 Å². The first-order valence-electron chi connectivity index (χ1n) is 10.9. The number of aromatic amines is 1. The molecule has 0 aliphatic heterocycles. The molecule has 9 heteroatoms. The highest BCUT2D eigenvalue weighted by molar-refractivity contribution is 5.91. The van der Waals surface area contributed by atoms with E-state index in [2.05, 4.69) is 20.7 Å². The minimum Gasteiger partial charge on any atom is -0.493 e. The number of aromatic nitrogens is 3. The normalized spacial score (nSPS) is 14.5. The molecule has 1 heterocycles. The number of rotatable bonds is 10. The van der Waals surface area contributed by atoms with Crippen LogP contribution in [-0.2, 0) is 16.0 Å². The Morgan fingerprint density at radius 1 is 1.18 bits per heavy atom. The Balaban J connectivity index is 1.29. The Bertz CT molecular complexity index is 1130. The number of aryl methyl sites for hydroxylation is 1. The van der Waals surface area contributed by atoms with Crippen molar-refractivity contribution in [2.24, 2.45) is 0 Å². The van der Waals surface area contributed by atoms with E-state index >= 15 is 0 Å². The number of benzene rings is 2. The summed E-state index contributed by atoms with van der Waals surface area (Å²) in [6.07, 6.45) is 4.25. The lowest BCUT2D eigenvalue weighted by molar-refractivity contribution is -0.137. The maximum absolute atomic E-state index is 11.6. The van der Waals surface area contributed by atoms with E-state index in [1.54, 1.807) is 18.3 Å². The topological polar surface area (TPSA) is 126 Å². The predicted molar refractivity (Wildman–Crippen MR) is 121 cm³/mol. The van der Waals surface area contributed by atoms with Crippen LogP contribution < -0.4 is 14.8 Å². The number of carboxylic acids is 1. The molecule has 0 spiro atoms. The van der Waals surface area contributed by atoms with E-state index in [4.69, 9.17) is 14.6 Å². The summed E-state index contributed by atoms with van der Waals surface area (Å²) < 4.78 is 11.7. The summed E-state index contributed by atoms with van der Waals surface area (Å²) in [4.78, 5) is 22.6. The fraction of sp³-hybridized carbons (Fsp3) is 0.333. The van der Waals surface area contributed by atoms with Crippen molar-refractivity contribution in [2.75, 3.05) is 18.5 Å². The summed E-state index contributed by atoms with van der Waals surface area (Å²) in [7, 11) is 0. The minimum absolute atomic E-state index is 0.0911. The second-order valence-corrected chi connectivity index (χ2v) is 8.00. The Morgan fingerprint density at radius 3 is 2.79 bits per heavy atom. The van der Waals surface area contributed by atoms with Crippen molar-refractivity contribution >= 4 is 17.6 Å². The average molecular weight is 450 g/mol. The molecule has 33 heavy (non-hydrogen) atoms. The second kappa shape index (κ2) is 10.2. The number of aliphatic carboxylic acids is 1. The number of H-pyrrole nitrogens is 1. The number of amides is 1. The standard InChI is InChI=1S/C24H26N4O5/c1-15(29)26-21-12-18(22-14-25-28-27-22)5-8-23(21)33-10-2-9-32-19-6-7-20-16(11-19)3-4-17(20)13-24(30)31/h5-8,11-12,14,17H,2-4,9-10,13H2,1H3,(H,26,29)(H,30,31)(H,25,27,28)/t17-/m0/s1. The summed E-state index contributed by atoms with van der Waals surface area (Å²) in [6.45, 7) is 2.34. The number of hydrogen-bond acceptors (Lipinski definition) is 6. The molecule has 1 aliphatic rings. The van der Waals surface area contributed by atoms with Gasteiger partial charge in [0.05, 0.1) is 25.3 Å². The molecule has 0 radical (unpaired) electrons. The molecule has 3 N–H and O–H groups in total. The molecule has 0 fully saturated rings. The van der Waals surface area contributed by atoms with Gasteiger partial charge in [-0.15, -0.1) is 5.10 Å². The minimum atomic E-state index is -0.761. The molecule has 0 bridgehead atoms. The number of anilines is 1. The van der Waals surface area contributed by atoms with Crippen LogP contribution in [0, 0.1) is 0 Å². The number of ether oxygens (including phenoxy) is 2. The molecule has 1 aliphatic carbocycles. The van der Waals surface area contributed by atoms with Gasteiger partial charge in [-0.3, -0.25) is 14.7 Å². The Hall–Kier alpha value is -3.88. The number of carbonyl (C=O) groups is 2. The van der Waals surface area contributed by atoms with Gasteiger partial charge < -0.3 is 19.9 Å². The van der Waals surface area contributed by atoms with Crippen molar-refractivity contribution in [1.29, 1.82) is 0 Å². The molecule has 1 amide bonds. The summed E-state index contributed by atoms with van der Waals surface area (Å²) in [5.41, 5.74) is 4.34. The molecule has 9 nitrogen and oxygen atoms in total. The highest BCUT2D eigenvalue weighted by Crippen LogP contribution is 2.37. The monoisotopic (exact) mass is 450 g/mol. The number of nitrogens with zero attached hydrogens (tertiary/aromatic N) is 2. The fourth-order valence-electron chi connectivity index (χ4n) is 4.07. The lowest BCUT2D eigenvalue weighted by atomic mass is 9.98. The van der Waals surface area contributed by atoms with E-state index in [-0.39, 0.29) is 18.2 Å². The molecular weight excluding hydrogens is 424 g/mol. The van der Waals surface area contributed by atoms with E-state index in [0.717, 1.165) is 29.7 Å². The van der Waals surface area contributed by atoms with Gasteiger partial charge in [-0.2, -0.15) is 0 Å². The van der Waals surface area contributed by atoms with Crippen LogP contribution in [0.5, 0.6) is 11.5 Å². The Kier molecular flexibility index (Phi) is 6.87. The maximum atomic E-state index is 11.6. The lowest BCUT2D eigenvalue weighted by Gasteiger charge is -2.14. The van der Waals surface area contributed by atoms with E-state index in [1.165, 1.54) is 12.5 Å². The molecule has 0 saturated heterocycles. The SMILES string of the molecule is CC(=O)Nc1cc(-c2c[nH]nn2)ccc1OCCCOc1ccc2c(c1)CC[C@H]2CC(=O)O. The molecule has 2 aromatic carbocycles. The van der Waals surface area contributed by atoms with Crippen molar-refractivity contribution in [3.8, 4) is 22.8 Å². The predicted octanol–water partition coefficient (Wildman–Crippen LogP) is 3.78. The van der Waals surface area contributed by atoms with Gasteiger partial charge in [0.1, 0.15) is 17.2 Å². The lowest BCUT2D eigenvalue weighted by Crippen LogP contribution is -2.10. The largest absolute Gasteiger partial charge is 0.493 e. The van der Waals surface area contributed by atoms with Crippen molar-refractivity contribution < 1.29 is 24.2 Å². The first kappa shape index (κ1) is 22.3. The van der Waals surface area contributed by atoms with Gasteiger partial charge >= 0.3 is 5.97 Å². The van der Waals surface area contributed by atoms with Gasteiger partial charge in [-0.1, -0.05) is 11.3 Å². The van der Waals surface area contributed by atoms with Crippen molar-refractivity contribution in [1.82, 2.24) is 15.4 Å². The van der Waals surface area contributed by atoms with Crippen LogP contribution in [0.3, 0.4) is 0 Å². The van der Waals surface area contributed by atoms with Crippen LogP contribution in [0.25, 0.3) is 11.3 Å². The van der Waals surface area contributed by atoms with Gasteiger partial charge in [-0.05, 0) is 60.2 Å². The Labute approximate surface area is 191 Å². The molecule has 3 aromatic rings. The molecule has 4 rings (SSSR count). The van der Waals surface area contributed by atoms with Crippen LogP contribution >= 0.6 is 0 Å². The van der Waals surface area contributed by atoms with Crippen LogP contribution in [0.15, 0.2) is 42.6 Å². The third kappa shape index (κ3) is 5.68. The summed E-state index contributed by atoms with van der Waals surface area (Å²) in [6, 6.07) is 11.3. The third-order valence-electron chi connectivity index (χ3n) is 5.56. The molecule has 172 valence electrons. The van der Waals surface area contributed by atoms with Crippen molar-refractivity contribution in [3.05, 3.63) is 53.7 Å². The molecule has 0 unspecified atom stereocenters. The average Bonchev–Trinajstić information content (AvgIpc) is 3.44. The van der Waals surface area contributed by atoms with Crippen molar-refractivity contribution in [3.63, 3.8) is 0 Å². The summed E-state index contributed by atoms with van der Waals surface area (Å²) in [5.74, 6) is 0.485. The zero-order valence-electron chi connectivity index (χ0n) is 18.3. The van der Waals surface area contributed by atoms with Gasteiger partial charge in [0.15, 0.2) is 0 Å². The van der Waals surface area contributed by atoms with E-state index in [9.17, 15) is 9.59 Å². The van der Waals surface area contributed by atoms with Crippen LogP contribution in [0.1, 0.15) is 43.2 Å². The maximum Gasteiger partial charge on any atom is 0.303 e. The summed E-state index contributed by atoms with van der Waals surface area (Å²) in [5, 5.41) is 22.2. The highest BCUT2D eigenvalue weighted by Gasteiger charge is 2.24. The zero-order valence-corrected chi connectivity index (χ0v) is 18.3. The number of hydrogen-bond donors (Lipinski definition) is 3. The fourth-order valence-corrected chi connectivity index (χ4v) is 4.07. The second-order valence-electron chi connectivity index (χ2n) is 8.00. The number of nitrogens with one attached hydrogen (secondary N) is 2. The number of carboxylic acid groups (broad SMARTS) is 1. The van der Waals surface area contributed by atoms with Gasteiger partial charge in [0.25, 0.3) is 0 Å². The van der Waals surface area contributed by atoms with E-state index in [0.29, 0.717) is 36.8 Å². The molecular formula is C24H26N4O5. The molecule has 1 aromatic heterocycles. The van der Waals surface area contributed by atoms with Crippen molar-refractivity contribution in [2.45, 2.75) is 38.5 Å². The zero-order chi connectivity index (χ0) is 23.2. The van der Waals surface area contributed by atoms with Gasteiger partial charge in [-0.25, -0.2) is 0 Å². The van der Waals surface area contributed by atoms with Gasteiger partial charge in [0.2, 0.25) is 5.91 Å².